The normalized spacial score (nSPS) is 17.2. The molecule has 6 nitrogen and oxygen atoms in total. The molecule has 1 saturated heterocycles. The third-order valence-electron chi connectivity index (χ3n) is 4.11. The van der Waals surface area contributed by atoms with Crippen molar-refractivity contribution in [3.63, 3.8) is 0 Å². The number of para-hydroxylation sites is 1. The molecule has 122 valence electrons. The molecule has 1 atom stereocenters. The Morgan fingerprint density at radius 2 is 2.04 bits per heavy atom. The van der Waals surface area contributed by atoms with Gasteiger partial charge in [0.05, 0.1) is 6.26 Å². The highest BCUT2D eigenvalue weighted by Crippen LogP contribution is 2.23. The number of benzene rings is 1. The minimum atomic E-state index is -0.117. The number of amides is 1. The van der Waals surface area contributed by atoms with Gasteiger partial charge in [-0.15, -0.1) is 0 Å². The maximum Gasteiger partial charge on any atom is 0.276 e. The van der Waals surface area contributed by atoms with Gasteiger partial charge in [0.2, 0.25) is 5.76 Å². The van der Waals surface area contributed by atoms with Crippen molar-refractivity contribution in [2.75, 3.05) is 18.4 Å². The van der Waals surface area contributed by atoms with Crippen LogP contribution < -0.4 is 5.32 Å². The van der Waals surface area contributed by atoms with E-state index in [0.29, 0.717) is 30.3 Å². The van der Waals surface area contributed by atoms with Crippen molar-refractivity contribution in [2.45, 2.75) is 12.5 Å². The summed E-state index contributed by atoms with van der Waals surface area (Å²) >= 11 is 0. The molecular formula is C18H17N3O3. The van der Waals surface area contributed by atoms with Gasteiger partial charge in [-0.25, -0.2) is 0 Å². The van der Waals surface area contributed by atoms with E-state index in [2.05, 4.69) is 10.5 Å². The molecule has 3 aromatic rings. The number of furan rings is 1. The lowest BCUT2D eigenvalue weighted by atomic mass is 10.2. The Morgan fingerprint density at radius 3 is 2.83 bits per heavy atom. The highest BCUT2D eigenvalue weighted by Gasteiger charge is 2.29. The number of carbonyl (C=O) groups excluding carboxylic acids is 1. The largest absolute Gasteiger partial charge is 0.461 e. The van der Waals surface area contributed by atoms with E-state index in [9.17, 15) is 4.79 Å². The zero-order valence-corrected chi connectivity index (χ0v) is 13.0. The van der Waals surface area contributed by atoms with E-state index >= 15 is 0 Å². The number of hydrogen-bond acceptors (Lipinski definition) is 5. The first-order valence-electron chi connectivity index (χ1n) is 7.91. The molecule has 1 aliphatic rings. The van der Waals surface area contributed by atoms with Crippen molar-refractivity contribution in [2.24, 2.45) is 0 Å². The maximum absolute atomic E-state index is 12.6. The van der Waals surface area contributed by atoms with Gasteiger partial charge in [0.15, 0.2) is 11.5 Å². The zero-order valence-electron chi connectivity index (χ0n) is 13.0. The summed E-state index contributed by atoms with van der Waals surface area (Å²) in [6, 6.07) is 15.4. The predicted octanol–water partition coefficient (Wildman–Crippen LogP) is 3.26. The average Bonchev–Trinajstić information content (AvgIpc) is 3.36. The minimum Gasteiger partial charge on any atom is -0.461 e. The Morgan fingerprint density at radius 1 is 1.17 bits per heavy atom. The Labute approximate surface area is 139 Å². The lowest BCUT2D eigenvalue weighted by Gasteiger charge is -2.16. The van der Waals surface area contributed by atoms with Gasteiger partial charge < -0.3 is 19.2 Å². The SMILES string of the molecule is O=C(c1cc(-c2ccco2)on1)N1CCC(Nc2ccccc2)C1. The fourth-order valence-corrected chi connectivity index (χ4v) is 2.91. The van der Waals surface area contributed by atoms with E-state index in [4.69, 9.17) is 8.94 Å². The van der Waals surface area contributed by atoms with E-state index in [1.54, 1.807) is 29.4 Å². The number of carbonyl (C=O) groups is 1. The first-order chi connectivity index (χ1) is 11.8. The Balaban J connectivity index is 1.41. The number of nitrogens with one attached hydrogen (secondary N) is 1. The van der Waals surface area contributed by atoms with Crippen molar-refractivity contribution < 1.29 is 13.7 Å². The van der Waals surface area contributed by atoms with Crippen molar-refractivity contribution >= 4 is 11.6 Å². The van der Waals surface area contributed by atoms with Gasteiger partial charge in [-0.05, 0) is 30.7 Å². The second kappa shape index (κ2) is 6.23. The van der Waals surface area contributed by atoms with E-state index in [0.717, 1.165) is 12.1 Å². The Kier molecular flexibility index (Phi) is 3.78. The zero-order chi connectivity index (χ0) is 16.4. The lowest BCUT2D eigenvalue weighted by molar-refractivity contribution is 0.0781. The molecule has 0 aliphatic carbocycles. The predicted molar refractivity (Wildman–Crippen MR) is 88.6 cm³/mol. The molecule has 1 unspecified atom stereocenters. The molecule has 24 heavy (non-hydrogen) atoms. The fourth-order valence-electron chi connectivity index (χ4n) is 2.91. The monoisotopic (exact) mass is 323 g/mol. The highest BCUT2D eigenvalue weighted by atomic mass is 16.5. The molecule has 1 N–H and O–H groups in total. The summed E-state index contributed by atoms with van der Waals surface area (Å²) in [6.45, 7) is 1.35. The van der Waals surface area contributed by atoms with Crippen LogP contribution in [0.3, 0.4) is 0 Å². The number of anilines is 1. The van der Waals surface area contributed by atoms with Gasteiger partial charge in [0.25, 0.3) is 5.91 Å². The number of rotatable bonds is 4. The quantitative estimate of drug-likeness (QED) is 0.798. The second-order valence-corrected chi connectivity index (χ2v) is 5.80. The Hall–Kier alpha value is -3.02. The molecule has 1 aromatic carbocycles. The maximum atomic E-state index is 12.6. The van der Waals surface area contributed by atoms with Gasteiger partial charge in [-0.2, -0.15) is 0 Å². The Bertz CT molecular complexity index is 811. The summed E-state index contributed by atoms with van der Waals surface area (Å²) in [5.41, 5.74) is 1.38. The minimum absolute atomic E-state index is 0.117. The number of nitrogens with zero attached hydrogens (tertiary/aromatic N) is 2. The van der Waals surface area contributed by atoms with Gasteiger partial charge in [0.1, 0.15) is 0 Å². The fraction of sp³-hybridized carbons (Fsp3) is 0.222. The average molecular weight is 323 g/mol. The van der Waals surface area contributed by atoms with Crippen LogP contribution in [0.2, 0.25) is 0 Å². The van der Waals surface area contributed by atoms with Crippen LogP contribution >= 0.6 is 0 Å². The van der Waals surface area contributed by atoms with Gasteiger partial charge in [-0.1, -0.05) is 23.4 Å². The summed E-state index contributed by atoms with van der Waals surface area (Å²) < 4.78 is 10.5. The van der Waals surface area contributed by atoms with Crippen LogP contribution in [-0.4, -0.2) is 35.1 Å². The van der Waals surface area contributed by atoms with Crippen LogP contribution in [-0.2, 0) is 0 Å². The molecule has 0 saturated carbocycles. The summed E-state index contributed by atoms with van der Waals surface area (Å²) in [6.07, 6.45) is 2.46. The molecule has 0 radical (unpaired) electrons. The van der Waals surface area contributed by atoms with Crippen LogP contribution in [0, 0.1) is 0 Å². The molecule has 4 rings (SSSR count). The topological polar surface area (TPSA) is 71.5 Å². The third kappa shape index (κ3) is 2.90. The van der Waals surface area contributed by atoms with E-state index < -0.39 is 0 Å². The van der Waals surface area contributed by atoms with Crippen LogP contribution in [0.4, 0.5) is 5.69 Å². The standard InChI is InChI=1S/C18H17N3O3/c22-18(15-11-17(24-20-15)16-7-4-10-23-16)21-9-8-14(12-21)19-13-5-2-1-3-6-13/h1-7,10-11,14,19H,8-9,12H2. The van der Waals surface area contributed by atoms with E-state index in [1.807, 2.05) is 30.3 Å². The molecule has 0 bridgehead atoms. The van der Waals surface area contributed by atoms with Gasteiger partial charge in [0, 0.05) is 30.9 Å². The van der Waals surface area contributed by atoms with E-state index in [-0.39, 0.29) is 11.9 Å². The molecule has 1 fully saturated rings. The first-order valence-corrected chi connectivity index (χ1v) is 7.91. The van der Waals surface area contributed by atoms with Crippen LogP contribution in [0.25, 0.3) is 11.5 Å². The summed E-state index contributed by atoms with van der Waals surface area (Å²) in [5, 5.41) is 7.33. The lowest BCUT2D eigenvalue weighted by Crippen LogP contribution is -2.31. The van der Waals surface area contributed by atoms with Crippen molar-refractivity contribution in [3.05, 3.63) is 60.5 Å². The molecular weight excluding hydrogens is 306 g/mol. The molecule has 3 heterocycles. The van der Waals surface area contributed by atoms with Crippen molar-refractivity contribution in [3.8, 4) is 11.5 Å². The highest BCUT2D eigenvalue weighted by molar-refractivity contribution is 5.93. The molecule has 1 amide bonds. The van der Waals surface area contributed by atoms with E-state index in [1.165, 1.54) is 0 Å². The van der Waals surface area contributed by atoms with Crippen molar-refractivity contribution in [1.29, 1.82) is 0 Å². The second-order valence-electron chi connectivity index (χ2n) is 5.80. The van der Waals surface area contributed by atoms with Gasteiger partial charge >= 0.3 is 0 Å². The summed E-state index contributed by atoms with van der Waals surface area (Å²) in [7, 11) is 0. The number of likely N-dealkylation sites (tertiary alicyclic amines) is 1. The number of aromatic nitrogens is 1. The molecule has 1 aliphatic heterocycles. The first kappa shape index (κ1) is 14.6. The summed E-state index contributed by atoms with van der Waals surface area (Å²) in [4.78, 5) is 14.4. The van der Waals surface area contributed by atoms with Crippen LogP contribution in [0.5, 0.6) is 0 Å². The number of hydrogen-bond donors (Lipinski definition) is 1. The smallest absolute Gasteiger partial charge is 0.276 e. The van der Waals surface area contributed by atoms with Crippen LogP contribution in [0.15, 0.2) is 63.7 Å². The third-order valence-corrected chi connectivity index (χ3v) is 4.11. The molecule has 0 spiro atoms. The molecule has 2 aromatic heterocycles. The van der Waals surface area contributed by atoms with Gasteiger partial charge in [-0.3, -0.25) is 4.79 Å². The van der Waals surface area contributed by atoms with Crippen molar-refractivity contribution in [1.82, 2.24) is 10.1 Å². The van der Waals surface area contributed by atoms with Crippen LogP contribution in [0.1, 0.15) is 16.9 Å². The summed E-state index contributed by atoms with van der Waals surface area (Å²) in [5.74, 6) is 0.905. The molecule has 6 heteroatoms.